The number of carbonyl (C=O) groups is 2. The second-order valence-electron chi connectivity index (χ2n) is 6.41. The third-order valence-electron chi connectivity index (χ3n) is 4.53. The van der Waals surface area contributed by atoms with Crippen LogP contribution >= 0.6 is 0 Å². The highest BCUT2D eigenvalue weighted by molar-refractivity contribution is 6.15. The van der Waals surface area contributed by atoms with Crippen LogP contribution in [-0.4, -0.2) is 23.8 Å². The second kappa shape index (κ2) is 7.59. The first kappa shape index (κ1) is 18.4. The summed E-state index contributed by atoms with van der Waals surface area (Å²) in [5.74, 6) is 0.845. The maximum atomic E-state index is 12.7. The van der Waals surface area contributed by atoms with E-state index in [9.17, 15) is 9.59 Å². The summed E-state index contributed by atoms with van der Waals surface area (Å²) in [5.41, 5.74) is 2.12. The Balaban J connectivity index is 1.61. The fourth-order valence-corrected chi connectivity index (χ4v) is 3.00. The highest BCUT2D eigenvalue weighted by Crippen LogP contribution is 2.39. The van der Waals surface area contributed by atoms with Crippen molar-refractivity contribution in [2.24, 2.45) is 0 Å². The number of nitrogens with zero attached hydrogens (tertiary/aromatic N) is 1. The van der Waals surface area contributed by atoms with E-state index in [0.717, 1.165) is 5.56 Å². The van der Waals surface area contributed by atoms with Crippen LogP contribution in [0.1, 0.15) is 31.8 Å². The van der Waals surface area contributed by atoms with Gasteiger partial charge in [0.15, 0.2) is 5.76 Å². The lowest BCUT2D eigenvalue weighted by molar-refractivity contribution is 0.0732. The molecular formula is C23H17NO5. The topological polar surface area (TPSA) is 74.7 Å². The van der Waals surface area contributed by atoms with Crippen LogP contribution in [-0.2, 0) is 0 Å². The first-order valence-corrected chi connectivity index (χ1v) is 8.91. The minimum atomic E-state index is -0.530. The third-order valence-corrected chi connectivity index (χ3v) is 4.53. The van der Waals surface area contributed by atoms with Gasteiger partial charge in [-0.2, -0.15) is 0 Å². The predicted molar refractivity (Wildman–Crippen MR) is 106 cm³/mol. The highest BCUT2D eigenvalue weighted by Gasteiger charge is 2.30. The number of pyridine rings is 1. The van der Waals surface area contributed by atoms with Gasteiger partial charge in [-0.3, -0.25) is 9.78 Å². The molecule has 1 aromatic heterocycles. The lowest BCUT2D eigenvalue weighted by atomic mass is 10.1. The molecule has 2 aromatic carbocycles. The van der Waals surface area contributed by atoms with Gasteiger partial charge in [0.05, 0.1) is 18.2 Å². The van der Waals surface area contributed by atoms with Crippen molar-refractivity contribution < 1.29 is 23.8 Å². The smallest absolute Gasteiger partial charge is 0.345 e. The molecule has 1 aliphatic rings. The molecule has 0 atom stereocenters. The molecule has 3 aromatic rings. The van der Waals surface area contributed by atoms with Gasteiger partial charge in [-0.05, 0) is 55.0 Å². The molecule has 0 fully saturated rings. The van der Waals surface area contributed by atoms with Crippen molar-refractivity contribution in [3.63, 3.8) is 0 Å². The average molecular weight is 387 g/mol. The molecule has 0 unspecified atom stereocenters. The van der Waals surface area contributed by atoms with Gasteiger partial charge in [0, 0.05) is 18.0 Å². The Morgan fingerprint density at radius 3 is 2.76 bits per heavy atom. The molecule has 0 saturated carbocycles. The normalized spacial score (nSPS) is 13.7. The van der Waals surface area contributed by atoms with E-state index in [1.54, 1.807) is 56.6 Å². The molecular weight excluding hydrogens is 370 g/mol. The maximum Gasteiger partial charge on any atom is 0.345 e. The van der Waals surface area contributed by atoms with Gasteiger partial charge in [-0.25, -0.2) is 4.79 Å². The van der Waals surface area contributed by atoms with Gasteiger partial charge >= 0.3 is 5.97 Å². The molecule has 6 heteroatoms. The summed E-state index contributed by atoms with van der Waals surface area (Å²) in [5, 5.41) is 0. The SMILES string of the molecule is COc1cccc(/C=C2\Oc3c(ccc(OC(=O)c4cccnc4)c3C)C2=O)c1. The van der Waals surface area contributed by atoms with Crippen LogP contribution in [0.4, 0.5) is 0 Å². The van der Waals surface area contributed by atoms with E-state index in [-0.39, 0.29) is 11.5 Å². The van der Waals surface area contributed by atoms with Gasteiger partial charge in [-0.15, -0.1) is 0 Å². The minimum Gasteiger partial charge on any atom is -0.497 e. The molecule has 144 valence electrons. The molecule has 29 heavy (non-hydrogen) atoms. The molecule has 0 N–H and O–H groups in total. The van der Waals surface area contributed by atoms with Crippen molar-refractivity contribution in [3.8, 4) is 17.2 Å². The van der Waals surface area contributed by atoms with Crippen molar-refractivity contribution in [1.82, 2.24) is 4.98 Å². The number of esters is 1. The monoisotopic (exact) mass is 387 g/mol. The first-order valence-electron chi connectivity index (χ1n) is 8.91. The molecule has 0 aliphatic carbocycles. The Labute approximate surface area is 167 Å². The molecule has 6 nitrogen and oxygen atoms in total. The van der Waals surface area contributed by atoms with E-state index in [1.165, 1.54) is 6.20 Å². The Morgan fingerprint density at radius 2 is 2.00 bits per heavy atom. The van der Waals surface area contributed by atoms with Crippen molar-refractivity contribution >= 4 is 17.8 Å². The number of Topliss-reactive ketones (excluding diaryl/α,β-unsaturated/α-hetero) is 1. The number of ether oxygens (including phenoxy) is 3. The second-order valence-corrected chi connectivity index (χ2v) is 6.41. The van der Waals surface area contributed by atoms with E-state index in [4.69, 9.17) is 14.2 Å². The van der Waals surface area contributed by atoms with E-state index in [1.807, 2.05) is 18.2 Å². The molecule has 0 saturated heterocycles. The van der Waals surface area contributed by atoms with Crippen LogP contribution in [0.3, 0.4) is 0 Å². The standard InChI is InChI=1S/C23H17NO5/c1-14-19(29-23(26)16-6-4-10-24-13-16)9-8-18-21(25)20(28-22(14)18)12-15-5-3-7-17(11-15)27-2/h3-13H,1-2H3/b20-12-. The molecule has 2 heterocycles. The van der Waals surface area contributed by atoms with Gasteiger partial charge in [-0.1, -0.05) is 12.1 Å². The third kappa shape index (κ3) is 3.60. The molecule has 0 spiro atoms. The van der Waals surface area contributed by atoms with E-state index < -0.39 is 5.97 Å². The van der Waals surface area contributed by atoms with Crippen LogP contribution in [0, 0.1) is 6.92 Å². The number of rotatable bonds is 4. The number of methoxy groups -OCH3 is 1. The Morgan fingerprint density at radius 1 is 1.14 bits per heavy atom. The van der Waals surface area contributed by atoms with Gasteiger partial charge < -0.3 is 14.2 Å². The average Bonchev–Trinajstić information content (AvgIpc) is 3.07. The van der Waals surface area contributed by atoms with Crippen molar-refractivity contribution in [3.05, 3.63) is 88.9 Å². The Kier molecular flexibility index (Phi) is 4.83. The molecule has 0 bridgehead atoms. The number of benzene rings is 2. The summed E-state index contributed by atoms with van der Waals surface area (Å²) in [6.07, 6.45) is 4.67. The number of allylic oxidation sites excluding steroid dienone is 1. The number of carbonyl (C=O) groups excluding carboxylic acids is 2. The zero-order valence-corrected chi connectivity index (χ0v) is 15.8. The summed E-state index contributed by atoms with van der Waals surface area (Å²) in [7, 11) is 1.58. The van der Waals surface area contributed by atoms with Crippen LogP contribution in [0.5, 0.6) is 17.2 Å². The molecule has 1 aliphatic heterocycles. The van der Waals surface area contributed by atoms with Crippen molar-refractivity contribution in [2.45, 2.75) is 6.92 Å². The number of hydrogen-bond acceptors (Lipinski definition) is 6. The molecule has 0 amide bonds. The van der Waals surface area contributed by atoms with Crippen LogP contribution < -0.4 is 14.2 Å². The van der Waals surface area contributed by atoms with E-state index in [2.05, 4.69) is 4.98 Å². The van der Waals surface area contributed by atoms with E-state index in [0.29, 0.717) is 33.9 Å². The minimum absolute atomic E-state index is 0.201. The fraction of sp³-hybridized carbons (Fsp3) is 0.0870. The predicted octanol–water partition coefficient (Wildman–Crippen LogP) is 4.23. The maximum absolute atomic E-state index is 12.7. The zero-order chi connectivity index (χ0) is 20.4. The first-order chi connectivity index (χ1) is 14.1. The van der Waals surface area contributed by atoms with Crippen molar-refractivity contribution in [2.75, 3.05) is 7.11 Å². The van der Waals surface area contributed by atoms with Crippen LogP contribution in [0.25, 0.3) is 6.08 Å². The Hall–Kier alpha value is -3.93. The largest absolute Gasteiger partial charge is 0.497 e. The number of hydrogen-bond donors (Lipinski definition) is 0. The van der Waals surface area contributed by atoms with Crippen LogP contribution in [0.15, 0.2) is 66.7 Å². The quantitative estimate of drug-likeness (QED) is 0.379. The van der Waals surface area contributed by atoms with Gasteiger partial charge in [0.2, 0.25) is 5.78 Å². The molecule has 0 radical (unpaired) electrons. The summed E-state index contributed by atoms with van der Waals surface area (Å²) in [4.78, 5) is 28.9. The van der Waals surface area contributed by atoms with Gasteiger partial charge in [0.1, 0.15) is 17.2 Å². The van der Waals surface area contributed by atoms with Gasteiger partial charge in [0.25, 0.3) is 0 Å². The number of ketones is 1. The fourth-order valence-electron chi connectivity index (χ4n) is 3.00. The number of aromatic nitrogens is 1. The number of fused-ring (bicyclic) bond motifs is 1. The van der Waals surface area contributed by atoms with E-state index >= 15 is 0 Å². The summed E-state index contributed by atoms with van der Waals surface area (Å²) in [6.45, 7) is 1.74. The lowest BCUT2D eigenvalue weighted by Crippen LogP contribution is -2.09. The Bertz CT molecular complexity index is 1140. The van der Waals surface area contributed by atoms with Crippen molar-refractivity contribution in [1.29, 1.82) is 0 Å². The molecule has 4 rings (SSSR count). The lowest BCUT2D eigenvalue weighted by Gasteiger charge is -2.10. The summed E-state index contributed by atoms with van der Waals surface area (Å²) in [6, 6.07) is 13.8. The van der Waals surface area contributed by atoms with Crippen LogP contribution in [0.2, 0.25) is 0 Å². The highest BCUT2D eigenvalue weighted by atomic mass is 16.5. The summed E-state index contributed by atoms with van der Waals surface area (Å²) < 4.78 is 16.5. The summed E-state index contributed by atoms with van der Waals surface area (Å²) >= 11 is 0. The zero-order valence-electron chi connectivity index (χ0n) is 15.8.